The van der Waals surface area contributed by atoms with E-state index in [2.05, 4.69) is 10.3 Å². The Labute approximate surface area is 206 Å². The minimum Gasteiger partial charge on any atom is -0.383 e. The normalized spacial score (nSPS) is 12.1. The van der Waals surface area contributed by atoms with Gasteiger partial charge in [-0.25, -0.2) is 14.3 Å². The highest BCUT2D eigenvalue weighted by Gasteiger charge is 2.21. The second-order valence-corrected chi connectivity index (χ2v) is 8.57. The van der Waals surface area contributed by atoms with E-state index in [4.69, 9.17) is 16.3 Å². The van der Waals surface area contributed by atoms with Crippen LogP contribution >= 0.6 is 11.6 Å². The summed E-state index contributed by atoms with van der Waals surface area (Å²) in [5.74, 6) is -0.481. The molecule has 1 unspecified atom stereocenters. The smallest absolute Gasteiger partial charge is 0.333 e. The lowest BCUT2D eigenvalue weighted by Crippen LogP contribution is -2.44. The Morgan fingerprint density at radius 1 is 1.09 bits per heavy atom. The van der Waals surface area contributed by atoms with Crippen molar-refractivity contribution < 1.29 is 9.53 Å². The number of carbonyl (C=O) groups is 1. The lowest BCUT2D eigenvalue weighted by Gasteiger charge is -2.17. The molecule has 182 valence electrons. The molecule has 1 atom stereocenters. The number of halogens is 1. The van der Waals surface area contributed by atoms with Crippen molar-refractivity contribution in [2.24, 2.45) is 0 Å². The number of aromatic nitrogens is 4. The molecule has 4 rings (SSSR count). The monoisotopic (exact) mass is 495 g/mol. The molecule has 10 heteroatoms. The maximum atomic E-state index is 13.4. The number of imidazole rings is 1. The number of amides is 1. The lowest BCUT2D eigenvalue weighted by molar-refractivity contribution is -0.122. The molecular weight excluding hydrogens is 470 g/mol. The number of hydrogen-bond acceptors (Lipinski definition) is 5. The predicted octanol–water partition coefficient (Wildman–Crippen LogP) is 2.59. The molecule has 0 bridgehead atoms. The van der Waals surface area contributed by atoms with E-state index >= 15 is 0 Å². The van der Waals surface area contributed by atoms with Crippen LogP contribution in [-0.2, 0) is 29.2 Å². The summed E-state index contributed by atoms with van der Waals surface area (Å²) in [6.45, 7) is 2.29. The van der Waals surface area contributed by atoms with Crippen LogP contribution in [0.25, 0.3) is 11.2 Å². The van der Waals surface area contributed by atoms with Gasteiger partial charge in [-0.15, -0.1) is 0 Å². The molecule has 0 radical (unpaired) electrons. The van der Waals surface area contributed by atoms with Crippen molar-refractivity contribution in [2.45, 2.75) is 32.6 Å². The van der Waals surface area contributed by atoms with Crippen molar-refractivity contribution in [2.75, 3.05) is 13.7 Å². The Morgan fingerprint density at radius 2 is 1.80 bits per heavy atom. The topological polar surface area (TPSA) is 100 Å². The molecule has 2 aromatic heterocycles. The van der Waals surface area contributed by atoms with Crippen molar-refractivity contribution >= 4 is 28.7 Å². The summed E-state index contributed by atoms with van der Waals surface area (Å²) in [7, 11) is 1.56. The van der Waals surface area contributed by atoms with Crippen molar-refractivity contribution in [3.8, 4) is 0 Å². The first kappa shape index (κ1) is 24.4. The van der Waals surface area contributed by atoms with Crippen LogP contribution in [0.15, 0.2) is 70.5 Å². The third kappa shape index (κ3) is 5.21. The van der Waals surface area contributed by atoms with Gasteiger partial charge in [0.1, 0.15) is 6.54 Å². The predicted molar refractivity (Wildman–Crippen MR) is 134 cm³/mol. The molecule has 0 saturated heterocycles. The number of ether oxygens (including phenoxy) is 1. The zero-order chi connectivity index (χ0) is 24.9. The van der Waals surface area contributed by atoms with Crippen molar-refractivity contribution in [3.05, 3.63) is 97.9 Å². The molecule has 4 aromatic rings. The standard InChI is InChI=1S/C25H26ClN5O4/c1-17(19-10-6-7-11-20(19)26)28-21(32)15-31-24(33)22-23(27-16-29(22)12-13-35-2)30(25(31)34)14-18-8-4-3-5-9-18/h3-11,16-17H,12-15H2,1-2H3,(H,28,32). The number of fused-ring (bicyclic) bond motifs is 1. The first-order valence-electron chi connectivity index (χ1n) is 11.2. The molecule has 2 aromatic carbocycles. The summed E-state index contributed by atoms with van der Waals surface area (Å²) in [6, 6.07) is 16.2. The van der Waals surface area contributed by atoms with Crippen LogP contribution in [0.3, 0.4) is 0 Å². The van der Waals surface area contributed by atoms with Gasteiger partial charge in [-0.3, -0.25) is 14.2 Å². The molecule has 0 aliphatic rings. The van der Waals surface area contributed by atoms with Crippen LogP contribution in [0, 0.1) is 0 Å². The van der Waals surface area contributed by atoms with Crippen LogP contribution in [0.1, 0.15) is 24.1 Å². The summed E-state index contributed by atoms with van der Waals surface area (Å²) in [5, 5.41) is 3.35. The second-order valence-electron chi connectivity index (χ2n) is 8.16. The van der Waals surface area contributed by atoms with Gasteiger partial charge in [-0.1, -0.05) is 60.1 Å². The van der Waals surface area contributed by atoms with Gasteiger partial charge in [0.05, 0.1) is 25.5 Å². The molecule has 0 aliphatic heterocycles. The Morgan fingerprint density at radius 3 is 2.51 bits per heavy atom. The van der Waals surface area contributed by atoms with Crippen LogP contribution in [-0.4, -0.2) is 38.3 Å². The van der Waals surface area contributed by atoms with Gasteiger partial charge < -0.3 is 14.6 Å². The minimum absolute atomic E-state index is 0.204. The highest BCUT2D eigenvalue weighted by atomic mass is 35.5. The van der Waals surface area contributed by atoms with Gasteiger partial charge in [0.15, 0.2) is 11.2 Å². The van der Waals surface area contributed by atoms with E-state index in [1.165, 1.54) is 10.9 Å². The lowest BCUT2D eigenvalue weighted by atomic mass is 10.1. The zero-order valence-corrected chi connectivity index (χ0v) is 20.2. The Bertz CT molecular complexity index is 1460. The summed E-state index contributed by atoms with van der Waals surface area (Å²) in [6.07, 6.45) is 1.51. The fourth-order valence-corrected chi connectivity index (χ4v) is 4.28. The fourth-order valence-electron chi connectivity index (χ4n) is 3.98. The molecular formula is C25H26ClN5O4. The third-order valence-corrected chi connectivity index (χ3v) is 6.10. The fraction of sp³-hybridized carbons (Fsp3) is 0.280. The minimum atomic E-state index is -0.608. The Balaban J connectivity index is 1.73. The highest BCUT2D eigenvalue weighted by Crippen LogP contribution is 2.22. The van der Waals surface area contributed by atoms with Crippen LogP contribution < -0.4 is 16.6 Å². The maximum Gasteiger partial charge on any atom is 0.333 e. The number of nitrogens with zero attached hydrogens (tertiary/aromatic N) is 4. The van der Waals surface area contributed by atoms with Gasteiger partial charge in [0.25, 0.3) is 5.56 Å². The molecule has 1 amide bonds. The molecule has 2 heterocycles. The molecule has 0 saturated carbocycles. The van der Waals surface area contributed by atoms with Gasteiger partial charge in [-0.05, 0) is 24.1 Å². The van der Waals surface area contributed by atoms with Gasteiger partial charge in [-0.2, -0.15) is 0 Å². The summed E-state index contributed by atoms with van der Waals surface area (Å²) in [5.41, 5.74) is 0.923. The Kier molecular flexibility index (Phi) is 7.48. The number of nitrogens with one attached hydrogen (secondary N) is 1. The van der Waals surface area contributed by atoms with E-state index in [-0.39, 0.29) is 17.7 Å². The molecule has 0 fully saturated rings. The van der Waals surface area contributed by atoms with Crippen LogP contribution in [0.4, 0.5) is 0 Å². The van der Waals surface area contributed by atoms with E-state index in [0.29, 0.717) is 18.2 Å². The largest absolute Gasteiger partial charge is 0.383 e. The number of benzene rings is 2. The summed E-state index contributed by atoms with van der Waals surface area (Å²) >= 11 is 6.24. The zero-order valence-electron chi connectivity index (χ0n) is 19.5. The average Bonchev–Trinajstić information content (AvgIpc) is 3.28. The molecule has 1 N–H and O–H groups in total. The SMILES string of the molecule is COCCn1cnc2c1c(=O)n(CC(=O)NC(C)c1ccccc1Cl)c(=O)n2Cc1ccccc1. The van der Waals surface area contributed by atoms with E-state index in [0.717, 1.165) is 15.7 Å². The maximum absolute atomic E-state index is 13.4. The van der Waals surface area contributed by atoms with E-state index < -0.39 is 29.7 Å². The average molecular weight is 496 g/mol. The molecule has 0 spiro atoms. The van der Waals surface area contributed by atoms with E-state index in [1.54, 1.807) is 30.7 Å². The number of carbonyl (C=O) groups excluding carboxylic acids is 1. The first-order valence-corrected chi connectivity index (χ1v) is 11.5. The molecule has 35 heavy (non-hydrogen) atoms. The van der Waals surface area contributed by atoms with Crippen molar-refractivity contribution in [1.82, 2.24) is 24.0 Å². The van der Waals surface area contributed by atoms with Gasteiger partial charge in [0.2, 0.25) is 5.91 Å². The third-order valence-electron chi connectivity index (χ3n) is 5.75. The molecule has 0 aliphatic carbocycles. The van der Waals surface area contributed by atoms with E-state index in [9.17, 15) is 14.4 Å². The van der Waals surface area contributed by atoms with Crippen molar-refractivity contribution in [1.29, 1.82) is 0 Å². The summed E-state index contributed by atoms with van der Waals surface area (Å²) in [4.78, 5) is 44.1. The number of methoxy groups -OCH3 is 1. The van der Waals surface area contributed by atoms with Crippen LogP contribution in [0.2, 0.25) is 5.02 Å². The number of rotatable bonds is 9. The number of hydrogen-bond donors (Lipinski definition) is 1. The quantitative estimate of drug-likeness (QED) is 0.384. The van der Waals surface area contributed by atoms with Crippen LogP contribution in [0.5, 0.6) is 0 Å². The first-order chi connectivity index (χ1) is 16.9. The van der Waals surface area contributed by atoms with E-state index in [1.807, 2.05) is 42.5 Å². The molecule has 9 nitrogen and oxygen atoms in total. The second kappa shape index (κ2) is 10.7. The van der Waals surface area contributed by atoms with Gasteiger partial charge in [0, 0.05) is 18.7 Å². The van der Waals surface area contributed by atoms with Crippen molar-refractivity contribution in [3.63, 3.8) is 0 Å². The van der Waals surface area contributed by atoms with Gasteiger partial charge >= 0.3 is 5.69 Å². The highest BCUT2D eigenvalue weighted by molar-refractivity contribution is 6.31. The summed E-state index contributed by atoms with van der Waals surface area (Å²) < 4.78 is 9.15. The Hall–Kier alpha value is -3.69.